The first kappa shape index (κ1) is 25.6. The lowest BCUT2D eigenvalue weighted by molar-refractivity contribution is -0.0375. The molecule has 1 saturated heterocycles. The van der Waals surface area contributed by atoms with E-state index in [0.717, 1.165) is 65.6 Å². The molecule has 6 nitrogen and oxygen atoms in total. The van der Waals surface area contributed by atoms with Gasteiger partial charge in [-0.2, -0.15) is 19.8 Å². The molecule has 5 aromatic rings. The Morgan fingerprint density at radius 2 is 1.71 bits per heavy atom. The Labute approximate surface area is 238 Å². The predicted octanol–water partition coefficient (Wildman–Crippen LogP) is 7.92. The molecule has 3 heterocycles. The van der Waals surface area contributed by atoms with Crippen LogP contribution < -0.4 is 0 Å². The van der Waals surface area contributed by atoms with Crippen molar-refractivity contribution < 1.29 is 9.13 Å². The van der Waals surface area contributed by atoms with Crippen molar-refractivity contribution in [2.45, 2.75) is 44.8 Å². The fourth-order valence-corrected chi connectivity index (χ4v) is 6.00. The van der Waals surface area contributed by atoms with Gasteiger partial charge < -0.3 is 4.74 Å². The molecule has 206 valence electrons. The molecule has 1 aliphatic carbocycles. The molecule has 1 unspecified atom stereocenters. The summed E-state index contributed by atoms with van der Waals surface area (Å²) in [5.41, 5.74) is 8.41. The monoisotopic (exact) mass is 545 g/mol. The average molecular weight is 546 g/mol. The summed E-state index contributed by atoms with van der Waals surface area (Å²) >= 11 is 0. The molecule has 0 bridgehead atoms. The number of ether oxygens (including phenoxy) is 1. The van der Waals surface area contributed by atoms with Crippen molar-refractivity contribution in [1.29, 1.82) is 0 Å². The van der Waals surface area contributed by atoms with Crippen molar-refractivity contribution >= 4 is 34.2 Å². The van der Waals surface area contributed by atoms with Gasteiger partial charge in [0.05, 0.1) is 17.1 Å². The summed E-state index contributed by atoms with van der Waals surface area (Å²) in [4.78, 5) is 0. The largest absolute Gasteiger partial charge is 0.356 e. The fraction of sp³-hybridized carbons (Fsp3) is 0.265. The van der Waals surface area contributed by atoms with E-state index in [1.165, 1.54) is 17.6 Å². The van der Waals surface area contributed by atoms with E-state index in [9.17, 15) is 0 Å². The Hall–Kier alpha value is -4.36. The number of aromatic amines is 1. The maximum Gasteiger partial charge on any atom is 0.240 e. The maximum absolute atomic E-state index is 15.4. The minimum absolute atomic E-state index is 0.218. The average Bonchev–Trinajstić information content (AvgIpc) is 3.64. The highest BCUT2D eigenvalue weighted by atomic mass is 19.1. The van der Waals surface area contributed by atoms with Crippen LogP contribution in [0, 0.1) is 11.9 Å². The quantitative estimate of drug-likeness (QED) is 0.211. The lowest BCUT2D eigenvalue weighted by atomic mass is 9.73. The third kappa shape index (κ3) is 5.13. The molecular formula is C34H32FN5O. The van der Waals surface area contributed by atoms with Gasteiger partial charge >= 0.3 is 0 Å². The number of hydrogen-bond donors (Lipinski definition) is 1. The van der Waals surface area contributed by atoms with E-state index < -0.39 is 5.95 Å². The van der Waals surface area contributed by atoms with Gasteiger partial charge in [0.25, 0.3) is 0 Å². The van der Waals surface area contributed by atoms with Crippen LogP contribution in [0.3, 0.4) is 0 Å². The molecular weight excluding hydrogens is 513 g/mol. The van der Waals surface area contributed by atoms with Crippen molar-refractivity contribution in [3.8, 4) is 0 Å². The number of H-pyrrole nitrogens is 1. The number of rotatable bonds is 7. The number of halogens is 1. The minimum Gasteiger partial charge on any atom is -0.356 e. The van der Waals surface area contributed by atoms with E-state index in [2.05, 4.69) is 81.2 Å². The highest BCUT2D eigenvalue weighted by Gasteiger charge is 2.28. The Morgan fingerprint density at radius 1 is 0.878 bits per heavy atom. The Bertz CT molecular complexity index is 1690. The first-order valence-corrected chi connectivity index (χ1v) is 14.5. The number of benzene rings is 3. The standard InChI is InChI=1S/C34H32FN5O/c35-34-29-21-27(17-19-30(29)40(38-34)31-11-4-5-20-41-31)33(32(25-9-6-10-25)24-7-2-1-3-8-24)26-15-12-23(13-16-26)14-18-28-22-36-39-37-28/h1-3,7-8,12-19,21-22,25,31H,4-6,9-11,20H2,(H,36,37,39)/b18-14+,33-32-. The molecule has 3 aromatic carbocycles. The molecule has 2 fully saturated rings. The Balaban J connectivity index is 1.36. The number of hydrogen-bond acceptors (Lipinski definition) is 4. The van der Waals surface area contributed by atoms with E-state index in [1.54, 1.807) is 10.9 Å². The van der Waals surface area contributed by atoms with E-state index >= 15 is 4.39 Å². The third-order valence-corrected chi connectivity index (χ3v) is 8.33. The van der Waals surface area contributed by atoms with Crippen LogP contribution in [0.5, 0.6) is 0 Å². The number of nitrogens with zero attached hydrogens (tertiary/aromatic N) is 4. The van der Waals surface area contributed by atoms with Crippen LogP contribution >= 0.6 is 0 Å². The molecule has 2 aromatic heterocycles. The summed E-state index contributed by atoms with van der Waals surface area (Å²) in [6.45, 7) is 0.685. The first-order chi connectivity index (χ1) is 20.2. The highest BCUT2D eigenvalue weighted by Crippen LogP contribution is 2.45. The molecule has 1 aliphatic heterocycles. The zero-order valence-electron chi connectivity index (χ0n) is 22.8. The number of aromatic nitrogens is 5. The zero-order valence-corrected chi connectivity index (χ0v) is 22.8. The van der Waals surface area contributed by atoms with E-state index in [-0.39, 0.29) is 6.23 Å². The van der Waals surface area contributed by atoms with E-state index in [0.29, 0.717) is 17.9 Å². The van der Waals surface area contributed by atoms with Gasteiger partial charge in [0, 0.05) is 6.61 Å². The Kier molecular flexibility index (Phi) is 7.03. The van der Waals surface area contributed by atoms with Gasteiger partial charge in [-0.25, -0.2) is 4.68 Å². The van der Waals surface area contributed by atoms with Crippen LogP contribution in [-0.2, 0) is 4.74 Å². The second-order valence-corrected chi connectivity index (χ2v) is 10.9. The highest BCUT2D eigenvalue weighted by molar-refractivity contribution is 6.01. The number of allylic oxidation sites excluding steroid dienone is 1. The van der Waals surface area contributed by atoms with Crippen LogP contribution in [0.1, 0.15) is 72.7 Å². The van der Waals surface area contributed by atoms with Crippen LogP contribution in [0.4, 0.5) is 4.39 Å². The van der Waals surface area contributed by atoms with E-state index in [1.807, 2.05) is 24.3 Å². The van der Waals surface area contributed by atoms with Crippen molar-refractivity contribution in [1.82, 2.24) is 25.2 Å². The number of fused-ring (bicyclic) bond motifs is 1. The van der Waals surface area contributed by atoms with Crippen LogP contribution in [0.15, 0.2) is 79.0 Å². The smallest absolute Gasteiger partial charge is 0.240 e. The topological polar surface area (TPSA) is 68.6 Å². The normalized spacial score (nSPS) is 18.5. The summed E-state index contributed by atoms with van der Waals surface area (Å²) < 4.78 is 23.1. The molecule has 2 aliphatic rings. The van der Waals surface area contributed by atoms with Gasteiger partial charge in [0.2, 0.25) is 5.95 Å². The Morgan fingerprint density at radius 3 is 2.41 bits per heavy atom. The van der Waals surface area contributed by atoms with Crippen LogP contribution in [0.25, 0.3) is 34.2 Å². The fourth-order valence-electron chi connectivity index (χ4n) is 6.00. The molecule has 1 atom stereocenters. The van der Waals surface area contributed by atoms with Gasteiger partial charge in [-0.1, -0.05) is 73.2 Å². The predicted molar refractivity (Wildman–Crippen MR) is 160 cm³/mol. The SMILES string of the molecule is Fc1nn(C2CCCCO2)c2ccc(/C(=C(/c3ccccc3)C3CCC3)c3ccc(/C=C/c4cn[nH]n4)cc3)cc12. The summed E-state index contributed by atoms with van der Waals surface area (Å²) in [6, 6.07) is 25.3. The maximum atomic E-state index is 15.4. The van der Waals surface area contributed by atoms with Crippen LogP contribution in [-0.4, -0.2) is 31.8 Å². The molecule has 0 amide bonds. The molecule has 7 heteroatoms. The van der Waals surface area contributed by atoms with Crippen LogP contribution in [0.2, 0.25) is 0 Å². The minimum atomic E-state index is -0.450. The van der Waals surface area contributed by atoms with E-state index in [4.69, 9.17) is 4.74 Å². The van der Waals surface area contributed by atoms with Gasteiger partial charge in [-0.3, -0.25) is 0 Å². The molecule has 0 spiro atoms. The summed E-state index contributed by atoms with van der Waals surface area (Å²) in [5.74, 6) is 0.00617. The van der Waals surface area contributed by atoms with Crippen molar-refractivity contribution in [2.24, 2.45) is 5.92 Å². The summed E-state index contributed by atoms with van der Waals surface area (Å²) in [6.07, 6.45) is 11.9. The van der Waals surface area contributed by atoms with Gasteiger partial charge in [-0.15, -0.1) is 5.10 Å². The zero-order chi connectivity index (χ0) is 27.6. The van der Waals surface area contributed by atoms with Crippen molar-refractivity contribution in [2.75, 3.05) is 6.61 Å². The second-order valence-electron chi connectivity index (χ2n) is 10.9. The van der Waals surface area contributed by atoms with Gasteiger partial charge in [0.15, 0.2) is 6.23 Å². The van der Waals surface area contributed by atoms with Gasteiger partial charge in [0.1, 0.15) is 5.69 Å². The second kappa shape index (κ2) is 11.3. The molecule has 0 radical (unpaired) electrons. The van der Waals surface area contributed by atoms with Crippen molar-refractivity contribution in [3.05, 3.63) is 113 Å². The molecule has 1 N–H and O–H groups in total. The third-order valence-electron chi connectivity index (χ3n) is 8.33. The summed E-state index contributed by atoms with van der Waals surface area (Å²) in [5, 5.41) is 15.4. The lowest BCUT2D eigenvalue weighted by Gasteiger charge is -2.31. The lowest BCUT2D eigenvalue weighted by Crippen LogP contribution is -2.19. The molecule has 41 heavy (non-hydrogen) atoms. The first-order valence-electron chi connectivity index (χ1n) is 14.5. The molecule has 7 rings (SSSR count). The van der Waals surface area contributed by atoms with Crippen molar-refractivity contribution in [3.63, 3.8) is 0 Å². The summed E-state index contributed by atoms with van der Waals surface area (Å²) in [7, 11) is 0. The molecule has 1 saturated carbocycles. The van der Waals surface area contributed by atoms with Gasteiger partial charge in [-0.05, 0) is 89.6 Å². The number of nitrogens with one attached hydrogen (secondary N) is 1.